The highest BCUT2D eigenvalue weighted by Crippen LogP contribution is 2.37. The van der Waals surface area contributed by atoms with Crippen molar-refractivity contribution >= 4 is 51.7 Å². The van der Waals surface area contributed by atoms with Gasteiger partial charge in [0.05, 0.1) is 11.8 Å². The fourth-order valence-electron chi connectivity index (χ4n) is 2.84. The first-order chi connectivity index (χ1) is 12.8. The van der Waals surface area contributed by atoms with Crippen LogP contribution in [0.1, 0.15) is 18.9 Å². The van der Waals surface area contributed by atoms with Crippen molar-refractivity contribution in [3.05, 3.63) is 35.9 Å². The van der Waals surface area contributed by atoms with Gasteiger partial charge in [0.25, 0.3) is 11.8 Å². The standard InChI is InChI=1S/C16H20N6O3S2/c1-2-16(10-6-4-3-5-7-10)11(23)21(8-26-13(17)18)15(25)22(12(16)24)9-27-14(19)20/h3-7H,2,8-9H2,1H3,(H3,17,18)(H3,19,20). The van der Waals surface area contributed by atoms with Crippen LogP contribution in [0.4, 0.5) is 4.79 Å². The molecule has 27 heavy (non-hydrogen) atoms. The predicted octanol–water partition coefficient (Wildman–Crippen LogP) is 1.29. The largest absolute Gasteiger partial charge is 0.379 e. The molecule has 0 bridgehead atoms. The van der Waals surface area contributed by atoms with Crippen LogP contribution in [0.15, 0.2) is 30.3 Å². The number of urea groups is 1. The summed E-state index contributed by atoms with van der Waals surface area (Å²) in [5, 5.41) is 14.2. The van der Waals surface area contributed by atoms with Gasteiger partial charge < -0.3 is 11.5 Å². The van der Waals surface area contributed by atoms with Crippen LogP contribution >= 0.6 is 23.5 Å². The Morgan fingerprint density at radius 1 is 0.963 bits per heavy atom. The Kier molecular flexibility index (Phi) is 6.50. The van der Waals surface area contributed by atoms with E-state index in [0.717, 1.165) is 33.3 Å². The molecule has 1 heterocycles. The van der Waals surface area contributed by atoms with Gasteiger partial charge in [-0.15, -0.1) is 0 Å². The molecular formula is C16H20N6O3S2. The Morgan fingerprint density at radius 3 is 1.78 bits per heavy atom. The summed E-state index contributed by atoms with van der Waals surface area (Å²) in [6.07, 6.45) is 0.143. The summed E-state index contributed by atoms with van der Waals surface area (Å²) >= 11 is 1.63. The number of barbiturate groups is 1. The van der Waals surface area contributed by atoms with Crippen LogP contribution in [-0.4, -0.2) is 49.7 Å². The lowest BCUT2D eigenvalue weighted by Gasteiger charge is -2.43. The highest BCUT2D eigenvalue weighted by Gasteiger charge is 2.57. The lowest BCUT2D eigenvalue weighted by molar-refractivity contribution is -0.151. The molecule has 1 aromatic rings. The summed E-state index contributed by atoms with van der Waals surface area (Å²) in [6.45, 7) is 1.70. The van der Waals surface area contributed by atoms with Crippen molar-refractivity contribution < 1.29 is 14.4 Å². The fraction of sp³-hybridized carbons (Fsp3) is 0.312. The number of carbonyl (C=O) groups excluding carboxylic acids is 3. The number of rotatable bonds is 6. The van der Waals surface area contributed by atoms with Gasteiger partial charge in [0.15, 0.2) is 15.8 Å². The predicted molar refractivity (Wildman–Crippen MR) is 106 cm³/mol. The Morgan fingerprint density at radius 2 is 1.41 bits per heavy atom. The highest BCUT2D eigenvalue weighted by atomic mass is 32.2. The third-order valence-electron chi connectivity index (χ3n) is 4.18. The minimum Gasteiger partial charge on any atom is -0.379 e. The summed E-state index contributed by atoms with van der Waals surface area (Å²) in [7, 11) is 0. The number of benzene rings is 1. The first kappa shape index (κ1) is 20.8. The van der Waals surface area contributed by atoms with Crippen molar-refractivity contribution in [2.75, 3.05) is 11.8 Å². The van der Waals surface area contributed by atoms with Crippen molar-refractivity contribution in [1.82, 2.24) is 9.80 Å². The van der Waals surface area contributed by atoms with E-state index in [2.05, 4.69) is 0 Å². The van der Waals surface area contributed by atoms with Gasteiger partial charge in [0.2, 0.25) is 0 Å². The molecule has 0 unspecified atom stereocenters. The van der Waals surface area contributed by atoms with E-state index in [4.69, 9.17) is 22.3 Å². The van der Waals surface area contributed by atoms with Crippen LogP contribution in [0.2, 0.25) is 0 Å². The molecule has 1 aliphatic rings. The van der Waals surface area contributed by atoms with Crippen molar-refractivity contribution in [3.8, 4) is 0 Å². The maximum atomic E-state index is 13.3. The lowest BCUT2D eigenvalue weighted by atomic mass is 9.74. The summed E-state index contributed by atoms with van der Waals surface area (Å²) in [4.78, 5) is 41.1. The van der Waals surface area contributed by atoms with Crippen LogP contribution in [-0.2, 0) is 15.0 Å². The Hall–Kier alpha value is -2.53. The Balaban J connectivity index is 2.54. The van der Waals surface area contributed by atoms with Crippen LogP contribution < -0.4 is 11.5 Å². The van der Waals surface area contributed by atoms with Crippen LogP contribution in [0.25, 0.3) is 0 Å². The van der Waals surface area contributed by atoms with E-state index >= 15 is 0 Å². The average molecular weight is 409 g/mol. The van der Waals surface area contributed by atoms with Gasteiger partial charge in [-0.3, -0.25) is 30.2 Å². The highest BCUT2D eigenvalue weighted by molar-refractivity contribution is 8.13. The molecule has 9 nitrogen and oxygen atoms in total. The molecule has 1 fully saturated rings. The number of hydrogen-bond donors (Lipinski definition) is 4. The number of nitrogens with two attached hydrogens (primary N) is 2. The molecule has 6 N–H and O–H groups in total. The summed E-state index contributed by atoms with van der Waals surface area (Å²) in [6, 6.07) is 7.72. The van der Waals surface area contributed by atoms with Gasteiger partial charge >= 0.3 is 6.03 Å². The van der Waals surface area contributed by atoms with Crippen LogP contribution in [0, 0.1) is 10.8 Å². The van der Waals surface area contributed by atoms with Gasteiger partial charge in [-0.2, -0.15) is 0 Å². The molecule has 0 aliphatic carbocycles. The number of nitrogens with one attached hydrogen (secondary N) is 2. The maximum absolute atomic E-state index is 13.3. The molecular weight excluding hydrogens is 388 g/mol. The molecule has 1 aromatic carbocycles. The van der Waals surface area contributed by atoms with Crippen LogP contribution in [0.5, 0.6) is 0 Å². The van der Waals surface area contributed by atoms with Gasteiger partial charge in [-0.1, -0.05) is 60.8 Å². The van der Waals surface area contributed by atoms with E-state index in [1.165, 1.54) is 0 Å². The summed E-state index contributed by atoms with van der Waals surface area (Å²) < 4.78 is 0. The summed E-state index contributed by atoms with van der Waals surface area (Å²) in [5.41, 5.74) is 9.59. The van der Waals surface area contributed by atoms with Crippen LogP contribution in [0.3, 0.4) is 0 Å². The van der Waals surface area contributed by atoms with Crippen molar-refractivity contribution in [2.45, 2.75) is 18.8 Å². The SMILES string of the molecule is CCC1(c2ccccc2)C(=O)N(CSC(=N)N)C(=O)N(CSC(=N)N)C1=O. The Bertz CT molecular complexity index is 746. The second kappa shape index (κ2) is 8.44. The topological polar surface area (TPSA) is 157 Å². The number of thioether (sulfide) groups is 2. The van der Waals surface area contributed by atoms with Gasteiger partial charge in [-0.05, 0) is 12.0 Å². The van der Waals surface area contributed by atoms with E-state index in [9.17, 15) is 14.4 Å². The fourth-order valence-corrected chi connectivity index (χ4v) is 3.84. The van der Waals surface area contributed by atoms with E-state index < -0.39 is 23.3 Å². The summed E-state index contributed by atoms with van der Waals surface area (Å²) in [5.74, 6) is -1.67. The number of nitrogens with zero attached hydrogens (tertiary/aromatic N) is 2. The third-order valence-corrected chi connectivity index (χ3v) is 5.57. The second-order valence-electron chi connectivity index (χ2n) is 5.65. The quantitative estimate of drug-likeness (QED) is 0.314. The third kappa shape index (κ3) is 3.93. The number of amidine groups is 2. The lowest BCUT2D eigenvalue weighted by Crippen LogP contribution is -2.66. The number of imide groups is 2. The molecule has 1 aliphatic heterocycles. The zero-order valence-corrected chi connectivity index (χ0v) is 16.2. The number of hydrogen-bond acceptors (Lipinski definition) is 7. The van der Waals surface area contributed by atoms with Crippen molar-refractivity contribution in [3.63, 3.8) is 0 Å². The van der Waals surface area contributed by atoms with Gasteiger partial charge in [-0.25, -0.2) is 4.79 Å². The van der Waals surface area contributed by atoms with Crippen molar-refractivity contribution in [1.29, 1.82) is 10.8 Å². The molecule has 4 amide bonds. The van der Waals surface area contributed by atoms with Crippen molar-refractivity contribution in [2.24, 2.45) is 11.5 Å². The Labute approximate surface area is 164 Å². The number of amides is 4. The average Bonchev–Trinajstić information content (AvgIpc) is 2.62. The normalized spacial score (nSPS) is 20.1. The number of carbonyl (C=O) groups is 3. The maximum Gasteiger partial charge on any atom is 0.335 e. The molecule has 144 valence electrons. The molecule has 0 saturated carbocycles. The molecule has 11 heteroatoms. The molecule has 0 radical (unpaired) electrons. The first-order valence-electron chi connectivity index (χ1n) is 7.92. The minimum atomic E-state index is -1.57. The first-order valence-corrected chi connectivity index (χ1v) is 9.89. The second-order valence-corrected chi connectivity index (χ2v) is 7.62. The molecule has 0 atom stereocenters. The zero-order chi connectivity index (χ0) is 20.2. The van der Waals surface area contributed by atoms with E-state index in [-0.39, 0.29) is 28.5 Å². The van der Waals surface area contributed by atoms with E-state index in [1.807, 2.05) is 0 Å². The van der Waals surface area contributed by atoms with E-state index in [1.54, 1.807) is 37.3 Å². The van der Waals surface area contributed by atoms with Gasteiger partial charge in [0, 0.05) is 0 Å². The monoisotopic (exact) mass is 408 g/mol. The molecule has 1 saturated heterocycles. The van der Waals surface area contributed by atoms with E-state index in [0.29, 0.717) is 5.56 Å². The van der Waals surface area contributed by atoms with Gasteiger partial charge in [0.1, 0.15) is 0 Å². The smallest absolute Gasteiger partial charge is 0.335 e. The minimum absolute atomic E-state index is 0.143. The molecule has 2 rings (SSSR count). The zero-order valence-electron chi connectivity index (χ0n) is 14.6. The molecule has 0 spiro atoms. The molecule has 0 aromatic heterocycles.